The lowest BCUT2D eigenvalue weighted by atomic mass is 10.2. The summed E-state index contributed by atoms with van der Waals surface area (Å²) in [7, 11) is 0. The summed E-state index contributed by atoms with van der Waals surface area (Å²) in [6.45, 7) is 3.62. The van der Waals surface area contributed by atoms with Crippen molar-refractivity contribution in [2.24, 2.45) is 0 Å². The van der Waals surface area contributed by atoms with Crippen molar-refractivity contribution in [2.75, 3.05) is 6.54 Å². The molecule has 27 heavy (non-hydrogen) atoms. The third-order valence-corrected chi connectivity index (χ3v) is 4.88. The summed E-state index contributed by atoms with van der Waals surface area (Å²) in [6.07, 6.45) is 6.76. The monoisotopic (exact) mass is 364 g/mol. The second-order valence-corrected chi connectivity index (χ2v) is 6.48. The molecule has 0 unspecified atom stereocenters. The number of rotatable bonds is 2. The number of nitrogens with one attached hydrogen (secondary N) is 1. The Bertz CT molecular complexity index is 1230. The number of aromatic nitrogens is 7. The molecular formula is C17H16N8O2. The van der Waals surface area contributed by atoms with E-state index < -0.39 is 0 Å². The van der Waals surface area contributed by atoms with Gasteiger partial charge in [0.1, 0.15) is 5.52 Å². The lowest BCUT2D eigenvalue weighted by Crippen LogP contribution is -2.38. The molecular weight excluding hydrogens is 348 g/mol. The van der Waals surface area contributed by atoms with Gasteiger partial charge in [-0.15, -0.1) is 5.10 Å². The van der Waals surface area contributed by atoms with Gasteiger partial charge in [-0.05, 0) is 19.1 Å². The second kappa shape index (κ2) is 5.66. The van der Waals surface area contributed by atoms with Gasteiger partial charge in [0, 0.05) is 25.5 Å². The van der Waals surface area contributed by atoms with Gasteiger partial charge in [-0.1, -0.05) is 0 Å². The highest BCUT2D eigenvalue weighted by Crippen LogP contribution is 2.18. The molecule has 4 aromatic rings. The Labute approximate surface area is 152 Å². The summed E-state index contributed by atoms with van der Waals surface area (Å²) in [4.78, 5) is 33.8. The van der Waals surface area contributed by atoms with Gasteiger partial charge in [0.15, 0.2) is 0 Å². The third-order valence-electron chi connectivity index (χ3n) is 4.88. The van der Waals surface area contributed by atoms with E-state index in [1.165, 1.54) is 15.4 Å². The highest BCUT2D eigenvalue weighted by molar-refractivity contribution is 5.95. The zero-order valence-corrected chi connectivity index (χ0v) is 14.5. The van der Waals surface area contributed by atoms with Gasteiger partial charge < -0.3 is 9.47 Å². The lowest BCUT2D eigenvalue weighted by Gasteiger charge is -2.28. The quantitative estimate of drug-likeness (QED) is 0.553. The summed E-state index contributed by atoms with van der Waals surface area (Å²) in [5.74, 6) is 0.160. The number of imidazole rings is 1. The van der Waals surface area contributed by atoms with Crippen LogP contribution in [0.3, 0.4) is 0 Å². The fourth-order valence-corrected chi connectivity index (χ4v) is 3.39. The minimum atomic E-state index is -0.267. The predicted octanol–water partition coefficient (Wildman–Crippen LogP) is 0.369. The lowest BCUT2D eigenvalue weighted by molar-refractivity contribution is 0.0710. The largest absolute Gasteiger partial charge is 0.331 e. The Kier molecular flexibility index (Phi) is 3.26. The van der Waals surface area contributed by atoms with E-state index in [1.807, 2.05) is 4.57 Å². The molecule has 5 heterocycles. The molecule has 0 aromatic carbocycles. The average Bonchev–Trinajstić information content (AvgIpc) is 3.39. The number of amides is 1. The molecule has 10 nitrogen and oxygen atoms in total. The van der Waals surface area contributed by atoms with Crippen LogP contribution in [0, 0.1) is 6.92 Å². The number of carbonyl (C=O) groups is 1. The third kappa shape index (κ3) is 2.37. The van der Waals surface area contributed by atoms with E-state index in [-0.39, 0.29) is 17.4 Å². The fraction of sp³-hybridized carbons (Fsp3) is 0.235. The van der Waals surface area contributed by atoms with E-state index >= 15 is 0 Å². The Hall–Kier alpha value is -3.69. The Balaban J connectivity index is 1.49. The first-order valence-corrected chi connectivity index (χ1v) is 8.53. The number of carbonyl (C=O) groups excluding carboxylic acids is 1. The number of hydrogen-bond acceptors (Lipinski definition) is 5. The molecule has 5 rings (SSSR count). The standard InChI is InChI=1S/C17H16N8O2/c1-11-13(16(27)22-5-6-23-10-18-7-12(23)9-22)8-19-25(11)17-20-15(26)14-3-2-4-24(14)21-17/h2-4,7-8,10H,5-6,9H2,1H3,(H,20,21,26). The Morgan fingerprint density at radius 3 is 3.04 bits per heavy atom. The summed E-state index contributed by atoms with van der Waals surface area (Å²) in [5.41, 5.74) is 2.29. The van der Waals surface area contributed by atoms with Crippen LogP contribution in [-0.2, 0) is 13.1 Å². The zero-order chi connectivity index (χ0) is 18.5. The van der Waals surface area contributed by atoms with Crippen molar-refractivity contribution in [2.45, 2.75) is 20.0 Å². The van der Waals surface area contributed by atoms with Gasteiger partial charge >= 0.3 is 0 Å². The van der Waals surface area contributed by atoms with Crippen molar-refractivity contribution in [3.8, 4) is 5.95 Å². The molecule has 1 aliphatic rings. The molecule has 136 valence electrons. The molecule has 0 bridgehead atoms. The molecule has 0 spiro atoms. The van der Waals surface area contributed by atoms with E-state index in [0.717, 1.165) is 5.69 Å². The SMILES string of the molecule is Cc1c(C(=O)N2CCn3cncc3C2)cnn1-c1nn2cccc2c(=O)[nH]1. The van der Waals surface area contributed by atoms with Gasteiger partial charge in [0.05, 0.1) is 36.0 Å². The van der Waals surface area contributed by atoms with Gasteiger partial charge in [0.2, 0.25) is 5.95 Å². The topological polar surface area (TPSA) is 106 Å². The Morgan fingerprint density at radius 2 is 2.15 bits per heavy atom. The molecule has 1 amide bonds. The van der Waals surface area contributed by atoms with E-state index in [0.29, 0.717) is 36.4 Å². The first kappa shape index (κ1) is 15.6. The van der Waals surface area contributed by atoms with Crippen LogP contribution in [0.15, 0.2) is 41.8 Å². The zero-order valence-electron chi connectivity index (χ0n) is 14.5. The van der Waals surface area contributed by atoms with Gasteiger partial charge in [-0.3, -0.25) is 14.6 Å². The van der Waals surface area contributed by atoms with E-state index in [1.54, 1.807) is 42.7 Å². The number of H-pyrrole nitrogens is 1. The Morgan fingerprint density at radius 1 is 1.26 bits per heavy atom. The van der Waals surface area contributed by atoms with Crippen molar-refractivity contribution in [1.29, 1.82) is 0 Å². The van der Waals surface area contributed by atoms with Gasteiger partial charge in [-0.2, -0.15) is 5.10 Å². The molecule has 0 saturated carbocycles. The predicted molar refractivity (Wildman–Crippen MR) is 94.6 cm³/mol. The molecule has 0 radical (unpaired) electrons. The fourth-order valence-electron chi connectivity index (χ4n) is 3.39. The van der Waals surface area contributed by atoms with Gasteiger partial charge in [0.25, 0.3) is 11.5 Å². The molecule has 1 aliphatic heterocycles. The maximum absolute atomic E-state index is 13.0. The smallest absolute Gasteiger partial charge is 0.276 e. The van der Waals surface area contributed by atoms with Crippen LogP contribution in [-0.4, -0.2) is 51.3 Å². The molecule has 10 heteroatoms. The summed E-state index contributed by atoms with van der Waals surface area (Å²) >= 11 is 0. The van der Waals surface area contributed by atoms with Crippen LogP contribution in [0.5, 0.6) is 0 Å². The van der Waals surface area contributed by atoms with Crippen molar-refractivity contribution >= 4 is 11.4 Å². The highest BCUT2D eigenvalue weighted by Gasteiger charge is 2.25. The summed E-state index contributed by atoms with van der Waals surface area (Å²) < 4.78 is 5.01. The minimum Gasteiger partial charge on any atom is -0.331 e. The maximum atomic E-state index is 13.0. The minimum absolute atomic E-state index is 0.101. The van der Waals surface area contributed by atoms with Crippen LogP contribution in [0.4, 0.5) is 0 Å². The highest BCUT2D eigenvalue weighted by atomic mass is 16.2. The first-order chi connectivity index (χ1) is 13.1. The van der Waals surface area contributed by atoms with Crippen LogP contribution in [0.1, 0.15) is 21.7 Å². The van der Waals surface area contributed by atoms with Crippen LogP contribution < -0.4 is 5.56 Å². The number of nitrogens with zero attached hydrogens (tertiary/aromatic N) is 7. The average molecular weight is 364 g/mol. The van der Waals surface area contributed by atoms with Crippen LogP contribution in [0.2, 0.25) is 0 Å². The molecule has 0 aliphatic carbocycles. The van der Waals surface area contributed by atoms with Crippen LogP contribution >= 0.6 is 0 Å². The summed E-state index contributed by atoms with van der Waals surface area (Å²) in [5, 5.41) is 8.63. The molecule has 0 atom stereocenters. The van der Waals surface area contributed by atoms with Crippen LogP contribution in [0.25, 0.3) is 11.5 Å². The van der Waals surface area contributed by atoms with Crippen molar-refractivity contribution in [1.82, 2.24) is 38.8 Å². The molecule has 4 aromatic heterocycles. The number of aromatic amines is 1. The van der Waals surface area contributed by atoms with Crippen molar-refractivity contribution < 1.29 is 4.79 Å². The van der Waals surface area contributed by atoms with Crippen molar-refractivity contribution in [3.63, 3.8) is 0 Å². The first-order valence-electron chi connectivity index (χ1n) is 8.53. The van der Waals surface area contributed by atoms with E-state index in [2.05, 4.69) is 20.2 Å². The summed E-state index contributed by atoms with van der Waals surface area (Å²) in [6, 6.07) is 3.43. The molecule has 1 N–H and O–H groups in total. The number of hydrogen-bond donors (Lipinski definition) is 1. The van der Waals surface area contributed by atoms with Gasteiger partial charge in [-0.25, -0.2) is 14.2 Å². The maximum Gasteiger partial charge on any atom is 0.276 e. The number of fused-ring (bicyclic) bond motifs is 2. The van der Waals surface area contributed by atoms with Crippen molar-refractivity contribution in [3.05, 3.63) is 64.4 Å². The van der Waals surface area contributed by atoms with E-state index in [4.69, 9.17) is 0 Å². The normalized spacial score (nSPS) is 13.9. The van der Waals surface area contributed by atoms with E-state index in [9.17, 15) is 9.59 Å². The molecule has 0 fully saturated rings. The second-order valence-electron chi connectivity index (χ2n) is 6.48. The molecule has 0 saturated heterocycles.